The Morgan fingerprint density at radius 2 is 1.86 bits per heavy atom. The van der Waals surface area contributed by atoms with E-state index in [9.17, 15) is 23.9 Å². The molecule has 0 radical (unpaired) electrons. The maximum atomic E-state index is 16.3. The zero-order valence-electron chi connectivity index (χ0n) is 28.9. The third-order valence-corrected chi connectivity index (χ3v) is 8.74. The lowest BCUT2D eigenvalue weighted by molar-refractivity contribution is -0.131. The number of carbonyl (C=O) groups is 2. The molecular formula is C36H40F3N7O4. The van der Waals surface area contributed by atoms with E-state index in [1.807, 2.05) is 32.8 Å². The summed E-state index contributed by atoms with van der Waals surface area (Å²) in [6.07, 6.45) is 1.59. The summed E-state index contributed by atoms with van der Waals surface area (Å²) in [7, 11) is 3.65. The van der Waals surface area contributed by atoms with Crippen LogP contribution in [0.25, 0.3) is 28.0 Å². The number of aromatic nitrogens is 3. The fraction of sp³-hybridized carbons (Fsp3) is 0.361. The third-order valence-electron chi connectivity index (χ3n) is 8.74. The maximum absolute atomic E-state index is 16.3. The number of phenolic OH excluding ortho intramolecular Hbond substituents is 1. The maximum Gasteiger partial charge on any atom is 0.282 e. The molecule has 1 saturated heterocycles. The number of aromatic hydroxyl groups is 1. The van der Waals surface area contributed by atoms with Crippen molar-refractivity contribution in [3.63, 3.8) is 0 Å². The summed E-state index contributed by atoms with van der Waals surface area (Å²) in [5.74, 6) is -5.47. The Morgan fingerprint density at radius 3 is 2.48 bits per heavy atom. The average Bonchev–Trinajstić information content (AvgIpc) is 3.04. The van der Waals surface area contributed by atoms with Gasteiger partial charge >= 0.3 is 0 Å². The van der Waals surface area contributed by atoms with Crippen LogP contribution in [0.15, 0.2) is 53.7 Å². The third kappa shape index (κ3) is 6.67. The smallest absolute Gasteiger partial charge is 0.282 e. The summed E-state index contributed by atoms with van der Waals surface area (Å²) in [6, 6.07) is 5.66. The van der Waals surface area contributed by atoms with Gasteiger partial charge in [0.25, 0.3) is 17.4 Å². The number of fused-ring (bicyclic) bond motifs is 1. The predicted octanol–water partition coefficient (Wildman–Crippen LogP) is 4.68. The minimum absolute atomic E-state index is 0.00547. The molecule has 14 heteroatoms. The molecule has 0 saturated carbocycles. The van der Waals surface area contributed by atoms with Gasteiger partial charge in [-0.15, -0.1) is 0 Å². The summed E-state index contributed by atoms with van der Waals surface area (Å²) >= 11 is 0. The van der Waals surface area contributed by atoms with Gasteiger partial charge in [-0.1, -0.05) is 26.5 Å². The van der Waals surface area contributed by atoms with Crippen molar-refractivity contribution in [1.82, 2.24) is 29.7 Å². The monoisotopic (exact) mass is 691 g/mol. The lowest BCUT2D eigenvalue weighted by Crippen LogP contribution is -2.55. The topological polar surface area (TPSA) is 124 Å². The zero-order valence-corrected chi connectivity index (χ0v) is 28.9. The Hall–Kier alpha value is -5.24. The number of likely N-dealkylation sites (N-methyl/N-ethyl adjacent to an activating group) is 1. The van der Waals surface area contributed by atoms with Crippen molar-refractivity contribution >= 4 is 28.5 Å². The van der Waals surface area contributed by atoms with Crippen molar-refractivity contribution in [3.05, 3.63) is 87.7 Å². The number of rotatable bonds is 9. The first-order valence-electron chi connectivity index (χ1n) is 16.2. The number of benzene rings is 1. The van der Waals surface area contributed by atoms with Crippen LogP contribution in [0.5, 0.6) is 5.75 Å². The van der Waals surface area contributed by atoms with Crippen LogP contribution in [0.1, 0.15) is 48.3 Å². The van der Waals surface area contributed by atoms with E-state index in [0.717, 1.165) is 12.1 Å². The van der Waals surface area contributed by atoms with Crippen molar-refractivity contribution in [2.75, 3.05) is 51.7 Å². The molecule has 1 aromatic carbocycles. The Kier molecular flexibility index (Phi) is 10.3. The van der Waals surface area contributed by atoms with Crippen molar-refractivity contribution in [1.29, 1.82) is 0 Å². The highest BCUT2D eigenvalue weighted by molar-refractivity contribution is 6.08. The molecule has 1 aliphatic rings. The van der Waals surface area contributed by atoms with Gasteiger partial charge in [0.2, 0.25) is 0 Å². The number of hydrogen-bond donors (Lipinski definition) is 2. The Balaban J connectivity index is 1.91. The van der Waals surface area contributed by atoms with Gasteiger partial charge in [-0.25, -0.2) is 18.2 Å². The molecule has 0 spiro atoms. The molecule has 1 atom stereocenters. The number of pyridine rings is 3. The quantitative estimate of drug-likeness (QED) is 0.243. The molecule has 4 aromatic rings. The lowest BCUT2D eigenvalue weighted by Gasteiger charge is -2.41. The van der Waals surface area contributed by atoms with E-state index >= 15 is 8.78 Å². The second-order valence-electron chi connectivity index (χ2n) is 13.0. The van der Waals surface area contributed by atoms with Crippen LogP contribution in [0.4, 0.5) is 18.9 Å². The van der Waals surface area contributed by atoms with Gasteiger partial charge in [-0.05, 0) is 63.7 Å². The fourth-order valence-corrected chi connectivity index (χ4v) is 6.32. The van der Waals surface area contributed by atoms with E-state index < -0.39 is 57.9 Å². The standard InChI is InChI=1S/C36H40F3N7O4/c1-19(2)29-31(20(3)11-12-40-29)46-33-23(17-25(39)30(42-33)27-24(38)9-8-10-26(27)47)32(28(36(46)50)34(48)41-13-14-43(6)7)44-15-16-45(21(4)18-44)35(49)22(5)37/h8-12,17,19,21,47H,5,13-16,18H2,1-4,6-7H3,(H,41,48)/t21-/m1/s1. The first kappa shape index (κ1) is 36.1. The summed E-state index contributed by atoms with van der Waals surface area (Å²) in [4.78, 5) is 55.6. The highest BCUT2D eigenvalue weighted by Gasteiger charge is 2.35. The summed E-state index contributed by atoms with van der Waals surface area (Å²) in [5.41, 5.74) is -0.802. The second-order valence-corrected chi connectivity index (χ2v) is 13.0. The zero-order chi connectivity index (χ0) is 36.6. The van der Waals surface area contributed by atoms with Gasteiger partial charge in [-0.2, -0.15) is 0 Å². The normalized spacial score (nSPS) is 14.9. The summed E-state index contributed by atoms with van der Waals surface area (Å²) in [6.45, 7) is 11.0. The number of halogens is 3. The van der Waals surface area contributed by atoms with Gasteiger partial charge in [0.05, 0.1) is 22.6 Å². The molecule has 50 heavy (non-hydrogen) atoms. The van der Waals surface area contributed by atoms with E-state index in [2.05, 4.69) is 21.9 Å². The van der Waals surface area contributed by atoms with Gasteiger partial charge in [0, 0.05) is 50.3 Å². The summed E-state index contributed by atoms with van der Waals surface area (Å²) in [5, 5.41) is 13.5. The van der Waals surface area contributed by atoms with Gasteiger partial charge < -0.3 is 25.1 Å². The average molecular weight is 692 g/mol. The van der Waals surface area contributed by atoms with Crippen molar-refractivity contribution in [2.45, 2.75) is 39.7 Å². The number of nitrogens with one attached hydrogen (secondary N) is 1. The van der Waals surface area contributed by atoms with Crippen LogP contribution < -0.4 is 15.8 Å². The van der Waals surface area contributed by atoms with Crippen LogP contribution in [-0.2, 0) is 4.79 Å². The SMILES string of the molecule is C=C(F)C(=O)N1CCN(c2c(C(=O)NCCN(C)C)c(=O)n(-c3c(C)ccnc3C(C)C)c3nc(-c4c(O)cccc4F)c(F)cc23)C[C@H]1C. The Bertz CT molecular complexity index is 2040. The molecule has 1 aliphatic heterocycles. The predicted molar refractivity (Wildman–Crippen MR) is 186 cm³/mol. The molecule has 264 valence electrons. The summed E-state index contributed by atoms with van der Waals surface area (Å²) < 4.78 is 46.6. The highest BCUT2D eigenvalue weighted by Crippen LogP contribution is 2.38. The first-order valence-corrected chi connectivity index (χ1v) is 16.2. The molecule has 2 amide bonds. The van der Waals surface area contributed by atoms with Gasteiger partial charge in [0.15, 0.2) is 17.3 Å². The van der Waals surface area contributed by atoms with Crippen molar-refractivity contribution in [3.8, 4) is 22.7 Å². The van der Waals surface area contributed by atoms with Gasteiger partial charge in [0.1, 0.15) is 22.8 Å². The number of hydrogen-bond acceptors (Lipinski definition) is 8. The van der Waals surface area contributed by atoms with Crippen LogP contribution in [0.2, 0.25) is 0 Å². The molecule has 1 fully saturated rings. The molecule has 5 rings (SSSR count). The largest absolute Gasteiger partial charge is 0.507 e. The molecular weight excluding hydrogens is 651 g/mol. The van der Waals surface area contributed by atoms with E-state index in [1.54, 1.807) is 31.0 Å². The first-order chi connectivity index (χ1) is 23.6. The number of phenols is 1. The number of amides is 2. The molecule has 2 N–H and O–H groups in total. The minimum atomic E-state index is -1.12. The second kappa shape index (κ2) is 14.3. The van der Waals surface area contributed by atoms with E-state index in [1.165, 1.54) is 21.6 Å². The molecule has 0 unspecified atom stereocenters. The van der Waals surface area contributed by atoms with Crippen LogP contribution in [0.3, 0.4) is 0 Å². The lowest BCUT2D eigenvalue weighted by atomic mass is 10.0. The Morgan fingerprint density at radius 1 is 1.14 bits per heavy atom. The minimum Gasteiger partial charge on any atom is -0.507 e. The fourth-order valence-electron chi connectivity index (χ4n) is 6.32. The molecule has 3 aromatic heterocycles. The van der Waals surface area contributed by atoms with Crippen molar-refractivity contribution in [2.24, 2.45) is 0 Å². The molecule has 4 heterocycles. The van der Waals surface area contributed by atoms with E-state index in [0.29, 0.717) is 23.5 Å². The van der Waals surface area contributed by atoms with Crippen molar-refractivity contribution < 1.29 is 27.9 Å². The number of carbonyl (C=O) groups excluding carboxylic acids is 2. The van der Waals surface area contributed by atoms with Crippen LogP contribution in [0, 0.1) is 18.6 Å². The molecule has 0 bridgehead atoms. The van der Waals surface area contributed by atoms with E-state index in [-0.39, 0.29) is 54.4 Å². The van der Waals surface area contributed by atoms with Crippen LogP contribution in [-0.4, -0.2) is 94.1 Å². The Labute approximate surface area is 287 Å². The van der Waals surface area contributed by atoms with Crippen LogP contribution >= 0.6 is 0 Å². The van der Waals surface area contributed by atoms with Gasteiger partial charge in [-0.3, -0.25) is 23.9 Å². The number of aryl methyl sites for hydroxylation is 1. The number of anilines is 1. The number of nitrogens with zero attached hydrogens (tertiary/aromatic N) is 6. The highest BCUT2D eigenvalue weighted by atomic mass is 19.1. The van der Waals surface area contributed by atoms with E-state index in [4.69, 9.17) is 0 Å². The number of piperazine rings is 1. The molecule has 11 nitrogen and oxygen atoms in total. The molecule has 0 aliphatic carbocycles.